The molecule has 0 amide bonds. The van der Waals surface area contributed by atoms with Crippen LogP contribution in [0.2, 0.25) is 0 Å². The second-order valence-electron chi connectivity index (χ2n) is 8.38. The van der Waals surface area contributed by atoms with Gasteiger partial charge in [-0.1, -0.05) is 18.2 Å². The van der Waals surface area contributed by atoms with Gasteiger partial charge in [-0.25, -0.2) is 12.8 Å². The largest absolute Gasteiger partial charge is 0.486 e. The first kappa shape index (κ1) is 25.5. The van der Waals surface area contributed by atoms with Crippen LogP contribution in [0, 0.1) is 12.7 Å². The highest BCUT2D eigenvalue weighted by Crippen LogP contribution is 2.41. The van der Waals surface area contributed by atoms with Crippen LogP contribution in [0.15, 0.2) is 65.6 Å². The molecule has 3 aromatic carbocycles. The average molecular weight is 524 g/mol. The maximum atomic E-state index is 13.9. The number of carboxylic acid groups (broad SMARTS) is 1. The molecule has 11 heteroatoms. The second kappa shape index (κ2) is 9.45. The van der Waals surface area contributed by atoms with Gasteiger partial charge in [0.1, 0.15) is 17.7 Å². The topological polar surface area (TPSA) is 83.9 Å². The summed E-state index contributed by atoms with van der Waals surface area (Å²) < 4.78 is 87.7. The number of alkyl halides is 3. The molecule has 0 aliphatic carbocycles. The first-order valence-electron chi connectivity index (χ1n) is 10.9. The van der Waals surface area contributed by atoms with Gasteiger partial charge in [-0.05, 0) is 72.5 Å². The lowest BCUT2D eigenvalue weighted by atomic mass is 9.99. The molecule has 0 aromatic heterocycles. The van der Waals surface area contributed by atoms with E-state index in [0.29, 0.717) is 17.2 Å². The standard InChI is InChI=1S/C25H21F4NO5S/c1-15-5-7-18(26)13-21(15)16-6-9-23-22(11-16)30(14-19(35-23)8-10-24(31)32)36(33,34)20-4-2-3-17(12-20)25(27,28)29/h2-7,9,11-13,19H,8,10,14H2,1H3,(H,31,32). The number of aryl methyl sites for hydroxylation is 1. The van der Waals surface area contributed by atoms with E-state index < -0.39 is 44.5 Å². The van der Waals surface area contributed by atoms with E-state index in [0.717, 1.165) is 28.1 Å². The molecule has 6 nitrogen and oxygen atoms in total. The number of carbonyl (C=O) groups is 1. The summed E-state index contributed by atoms with van der Waals surface area (Å²) >= 11 is 0. The van der Waals surface area contributed by atoms with E-state index >= 15 is 0 Å². The fourth-order valence-corrected chi connectivity index (χ4v) is 5.55. The van der Waals surface area contributed by atoms with Crippen LogP contribution < -0.4 is 9.04 Å². The van der Waals surface area contributed by atoms with Crippen molar-refractivity contribution in [2.24, 2.45) is 0 Å². The smallest absolute Gasteiger partial charge is 0.416 e. The zero-order valence-electron chi connectivity index (χ0n) is 18.9. The van der Waals surface area contributed by atoms with Crippen molar-refractivity contribution in [3.63, 3.8) is 0 Å². The second-order valence-corrected chi connectivity index (χ2v) is 10.2. The first-order valence-corrected chi connectivity index (χ1v) is 12.3. The van der Waals surface area contributed by atoms with Crippen LogP contribution in [0.5, 0.6) is 5.75 Å². The highest BCUT2D eigenvalue weighted by Gasteiger charge is 2.37. The molecule has 1 aliphatic heterocycles. The van der Waals surface area contributed by atoms with E-state index in [1.54, 1.807) is 19.1 Å². The lowest BCUT2D eigenvalue weighted by Gasteiger charge is -2.36. The minimum absolute atomic E-state index is 0.0197. The van der Waals surface area contributed by atoms with Gasteiger partial charge in [-0.15, -0.1) is 0 Å². The number of sulfonamides is 1. The van der Waals surface area contributed by atoms with E-state index in [1.807, 2.05) is 0 Å². The number of halogens is 4. The predicted octanol–water partition coefficient (Wildman–Crippen LogP) is 5.64. The van der Waals surface area contributed by atoms with Crippen LogP contribution in [0.4, 0.5) is 23.2 Å². The number of hydrogen-bond acceptors (Lipinski definition) is 4. The maximum Gasteiger partial charge on any atom is 0.416 e. The number of carboxylic acids is 1. The van der Waals surface area contributed by atoms with Gasteiger partial charge >= 0.3 is 12.1 Å². The number of rotatable bonds is 6. The Bertz CT molecular complexity index is 1420. The van der Waals surface area contributed by atoms with Gasteiger partial charge < -0.3 is 9.84 Å². The summed E-state index contributed by atoms with van der Waals surface area (Å²) in [5, 5.41) is 9.04. The highest BCUT2D eigenvalue weighted by molar-refractivity contribution is 7.92. The molecule has 1 atom stereocenters. The number of fused-ring (bicyclic) bond motifs is 1. The number of ether oxygens (including phenoxy) is 1. The van der Waals surface area contributed by atoms with Crippen molar-refractivity contribution in [3.8, 4) is 16.9 Å². The quantitative estimate of drug-likeness (QED) is 0.423. The van der Waals surface area contributed by atoms with E-state index in [2.05, 4.69) is 0 Å². The van der Waals surface area contributed by atoms with Crippen molar-refractivity contribution in [1.82, 2.24) is 0 Å². The first-order chi connectivity index (χ1) is 16.9. The molecular formula is C25H21F4NO5S. The number of nitrogens with zero attached hydrogens (tertiary/aromatic N) is 1. The van der Waals surface area contributed by atoms with Crippen molar-refractivity contribution in [3.05, 3.63) is 77.6 Å². The van der Waals surface area contributed by atoms with Gasteiger partial charge in [0.25, 0.3) is 10.0 Å². The van der Waals surface area contributed by atoms with Crippen molar-refractivity contribution >= 4 is 21.7 Å². The summed E-state index contributed by atoms with van der Waals surface area (Å²) in [7, 11) is -4.52. The molecule has 0 saturated heterocycles. The Morgan fingerprint density at radius 2 is 1.86 bits per heavy atom. The van der Waals surface area contributed by atoms with Crippen molar-refractivity contribution in [2.75, 3.05) is 10.8 Å². The molecule has 0 spiro atoms. The Morgan fingerprint density at radius 1 is 1.11 bits per heavy atom. The maximum absolute atomic E-state index is 13.9. The predicted molar refractivity (Wildman–Crippen MR) is 124 cm³/mol. The molecule has 0 saturated carbocycles. The molecule has 36 heavy (non-hydrogen) atoms. The summed E-state index contributed by atoms with van der Waals surface area (Å²) in [5.74, 6) is -1.48. The summed E-state index contributed by atoms with van der Waals surface area (Å²) in [4.78, 5) is 10.5. The summed E-state index contributed by atoms with van der Waals surface area (Å²) in [6.07, 6.45) is -5.91. The molecule has 1 unspecified atom stereocenters. The molecule has 0 radical (unpaired) electrons. The SMILES string of the molecule is Cc1ccc(F)cc1-c1ccc2c(c1)N(S(=O)(=O)c1cccc(C(F)(F)F)c1)CC(CCC(=O)O)O2. The zero-order chi connectivity index (χ0) is 26.3. The van der Waals surface area contributed by atoms with Crippen LogP contribution in [-0.2, 0) is 21.0 Å². The van der Waals surface area contributed by atoms with Crippen molar-refractivity contribution in [2.45, 2.75) is 36.9 Å². The minimum Gasteiger partial charge on any atom is -0.486 e. The molecule has 0 fully saturated rings. The third kappa shape index (κ3) is 5.15. The third-order valence-electron chi connectivity index (χ3n) is 5.83. The Kier molecular flexibility index (Phi) is 6.70. The molecule has 0 bridgehead atoms. The normalized spacial score (nSPS) is 15.8. The van der Waals surface area contributed by atoms with Gasteiger partial charge in [0, 0.05) is 6.42 Å². The summed E-state index contributed by atoms with van der Waals surface area (Å²) in [5.41, 5.74) is 0.633. The fourth-order valence-electron chi connectivity index (χ4n) is 4.01. The lowest BCUT2D eigenvalue weighted by molar-refractivity contribution is -0.138. The van der Waals surface area contributed by atoms with E-state index in [4.69, 9.17) is 9.84 Å². The Hall–Kier alpha value is -3.60. The monoisotopic (exact) mass is 523 g/mol. The van der Waals surface area contributed by atoms with Gasteiger partial charge in [0.05, 0.1) is 22.7 Å². The summed E-state index contributed by atoms with van der Waals surface area (Å²) in [6.45, 7) is 1.44. The van der Waals surface area contributed by atoms with E-state index in [1.165, 1.54) is 24.3 Å². The number of benzene rings is 3. The lowest BCUT2D eigenvalue weighted by Crippen LogP contribution is -2.43. The van der Waals surface area contributed by atoms with Gasteiger partial charge in [0.2, 0.25) is 0 Å². The molecule has 1 aliphatic rings. The van der Waals surface area contributed by atoms with E-state index in [-0.39, 0.29) is 30.8 Å². The minimum atomic E-state index is -4.75. The zero-order valence-corrected chi connectivity index (χ0v) is 19.7. The molecule has 1 N–H and O–H groups in total. The molecule has 3 aromatic rings. The van der Waals surface area contributed by atoms with Crippen LogP contribution in [0.1, 0.15) is 24.0 Å². The fraction of sp³-hybridized carbons (Fsp3) is 0.240. The Morgan fingerprint density at radius 3 is 2.56 bits per heavy atom. The molecule has 190 valence electrons. The van der Waals surface area contributed by atoms with Gasteiger partial charge in [-0.3, -0.25) is 9.10 Å². The number of anilines is 1. The van der Waals surface area contributed by atoms with Crippen molar-refractivity contribution in [1.29, 1.82) is 0 Å². The molecular weight excluding hydrogens is 502 g/mol. The average Bonchev–Trinajstić information content (AvgIpc) is 2.83. The highest BCUT2D eigenvalue weighted by atomic mass is 32.2. The Labute approximate surface area is 204 Å². The van der Waals surface area contributed by atoms with Gasteiger partial charge in [-0.2, -0.15) is 13.2 Å². The van der Waals surface area contributed by atoms with Crippen LogP contribution in [0.25, 0.3) is 11.1 Å². The third-order valence-corrected chi connectivity index (χ3v) is 7.61. The van der Waals surface area contributed by atoms with Crippen molar-refractivity contribution < 1.29 is 40.6 Å². The number of aliphatic carboxylic acids is 1. The summed E-state index contributed by atoms with van der Waals surface area (Å²) in [6, 6.07) is 12.1. The van der Waals surface area contributed by atoms with Gasteiger partial charge in [0.15, 0.2) is 0 Å². The molecule has 1 heterocycles. The van der Waals surface area contributed by atoms with Crippen LogP contribution in [0.3, 0.4) is 0 Å². The van der Waals surface area contributed by atoms with Crippen LogP contribution >= 0.6 is 0 Å². The van der Waals surface area contributed by atoms with E-state index in [9.17, 15) is 30.8 Å². The molecule has 4 rings (SSSR count). The number of hydrogen-bond donors (Lipinski definition) is 1. The Balaban J connectivity index is 1.83. The van der Waals surface area contributed by atoms with Crippen LogP contribution in [-0.4, -0.2) is 32.1 Å².